The van der Waals surface area contributed by atoms with Gasteiger partial charge < -0.3 is 4.57 Å². The van der Waals surface area contributed by atoms with Crippen LogP contribution < -0.4 is 0 Å². The normalized spacial score (nSPS) is 10.5. The molecule has 0 saturated heterocycles. The molecule has 0 atom stereocenters. The van der Waals surface area contributed by atoms with Crippen molar-refractivity contribution >= 4 is 12.4 Å². The summed E-state index contributed by atoms with van der Waals surface area (Å²) in [6, 6.07) is 2.29. The van der Waals surface area contributed by atoms with Gasteiger partial charge in [-0.1, -0.05) is 65.2 Å². The Bertz CT molecular complexity index is 306. The van der Waals surface area contributed by atoms with E-state index in [2.05, 4.69) is 36.9 Å². The molecule has 20 heavy (non-hydrogen) atoms. The SMILES string of the molecule is CCCCCCCCCCn1ccc(CCCC)c1.Cl. The quantitative estimate of drug-likeness (QED) is 0.394. The average molecular weight is 300 g/mol. The summed E-state index contributed by atoms with van der Waals surface area (Å²) in [5.41, 5.74) is 1.52. The molecule has 0 N–H and O–H groups in total. The molecule has 0 bridgehead atoms. The fourth-order valence-corrected chi connectivity index (χ4v) is 2.59. The third-order valence-corrected chi connectivity index (χ3v) is 3.90. The average Bonchev–Trinajstić information content (AvgIpc) is 2.87. The van der Waals surface area contributed by atoms with Gasteiger partial charge in [0.25, 0.3) is 0 Å². The molecular formula is C18H34ClN. The van der Waals surface area contributed by atoms with E-state index < -0.39 is 0 Å². The lowest BCUT2D eigenvalue weighted by molar-refractivity contribution is 0.544. The van der Waals surface area contributed by atoms with Gasteiger partial charge in [0.1, 0.15) is 0 Å². The largest absolute Gasteiger partial charge is 0.354 e. The summed E-state index contributed by atoms with van der Waals surface area (Å²) >= 11 is 0. The van der Waals surface area contributed by atoms with Crippen molar-refractivity contribution < 1.29 is 0 Å². The lowest BCUT2D eigenvalue weighted by Crippen LogP contribution is -1.94. The molecular weight excluding hydrogens is 266 g/mol. The zero-order valence-electron chi connectivity index (χ0n) is 13.6. The van der Waals surface area contributed by atoms with Crippen LogP contribution in [-0.4, -0.2) is 4.57 Å². The number of halogens is 1. The van der Waals surface area contributed by atoms with Crippen LogP contribution in [0.25, 0.3) is 0 Å². The van der Waals surface area contributed by atoms with Gasteiger partial charge in [0.05, 0.1) is 0 Å². The highest BCUT2D eigenvalue weighted by molar-refractivity contribution is 5.85. The standard InChI is InChI=1S/C18H33N.ClH/c1-3-5-7-8-9-10-11-12-15-19-16-14-18(17-19)13-6-4-2;/h14,16-17H,3-13,15H2,1-2H3;1H. The molecule has 2 heteroatoms. The summed E-state index contributed by atoms with van der Waals surface area (Å²) in [5, 5.41) is 0. The van der Waals surface area contributed by atoms with Gasteiger partial charge in [-0.05, 0) is 30.9 Å². The summed E-state index contributed by atoms with van der Waals surface area (Å²) in [5.74, 6) is 0. The molecule has 0 radical (unpaired) electrons. The fourth-order valence-electron chi connectivity index (χ4n) is 2.59. The fraction of sp³-hybridized carbons (Fsp3) is 0.778. The van der Waals surface area contributed by atoms with Crippen LogP contribution in [0.15, 0.2) is 18.5 Å². The Morgan fingerprint density at radius 3 is 2.05 bits per heavy atom. The molecule has 1 rings (SSSR count). The number of nitrogens with zero attached hydrogens (tertiary/aromatic N) is 1. The van der Waals surface area contributed by atoms with Crippen LogP contribution in [0.5, 0.6) is 0 Å². The second kappa shape index (κ2) is 13.5. The van der Waals surface area contributed by atoms with Crippen LogP contribution in [0.4, 0.5) is 0 Å². The number of hydrogen-bond acceptors (Lipinski definition) is 0. The molecule has 0 spiro atoms. The number of aryl methyl sites for hydroxylation is 2. The molecule has 0 aliphatic carbocycles. The van der Waals surface area contributed by atoms with E-state index in [1.165, 1.54) is 82.7 Å². The highest BCUT2D eigenvalue weighted by Crippen LogP contribution is 2.11. The number of unbranched alkanes of at least 4 members (excludes halogenated alkanes) is 8. The topological polar surface area (TPSA) is 4.93 Å². The Morgan fingerprint density at radius 1 is 0.800 bits per heavy atom. The van der Waals surface area contributed by atoms with Gasteiger partial charge in [0.15, 0.2) is 0 Å². The predicted molar refractivity (Wildman–Crippen MR) is 92.9 cm³/mol. The number of rotatable bonds is 12. The highest BCUT2D eigenvalue weighted by atomic mass is 35.5. The van der Waals surface area contributed by atoms with E-state index in [1.54, 1.807) is 0 Å². The summed E-state index contributed by atoms with van der Waals surface area (Å²) in [7, 11) is 0. The maximum atomic E-state index is 2.38. The molecule has 1 aromatic rings. The molecule has 1 aromatic heterocycles. The van der Waals surface area contributed by atoms with E-state index in [-0.39, 0.29) is 12.4 Å². The van der Waals surface area contributed by atoms with Crippen LogP contribution in [-0.2, 0) is 13.0 Å². The monoisotopic (exact) mass is 299 g/mol. The number of hydrogen-bond donors (Lipinski definition) is 0. The van der Waals surface area contributed by atoms with E-state index in [4.69, 9.17) is 0 Å². The van der Waals surface area contributed by atoms with Crippen LogP contribution in [0, 0.1) is 0 Å². The summed E-state index contributed by atoms with van der Waals surface area (Å²) in [4.78, 5) is 0. The first kappa shape index (κ1) is 19.6. The minimum atomic E-state index is 0. The smallest absolute Gasteiger partial charge is 0.0219 e. The van der Waals surface area contributed by atoms with Crippen LogP contribution in [0.1, 0.15) is 83.6 Å². The van der Waals surface area contributed by atoms with E-state index >= 15 is 0 Å². The van der Waals surface area contributed by atoms with E-state index in [9.17, 15) is 0 Å². The predicted octanol–water partition coefficient (Wildman–Crippen LogP) is 6.39. The summed E-state index contributed by atoms with van der Waals surface area (Å²) in [6.07, 6.45) is 19.7. The highest BCUT2D eigenvalue weighted by Gasteiger charge is 1.97. The Labute approximate surface area is 132 Å². The van der Waals surface area contributed by atoms with Crippen molar-refractivity contribution in [2.24, 2.45) is 0 Å². The van der Waals surface area contributed by atoms with Gasteiger partial charge in [0, 0.05) is 18.9 Å². The first-order valence-electron chi connectivity index (χ1n) is 8.51. The molecule has 118 valence electrons. The van der Waals surface area contributed by atoms with Gasteiger partial charge in [-0.3, -0.25) is 0 Å². The van der Waals surface area contributed by atoms with Crippen molar-refractivity contribution in [3.05, 3.63) is 24.0 Å². The Morgan fingerprint density at radius 2 is 1.40 bits per heavy atom. The molecule has 0 aliphatic rings. The van der Waals surface area contributed by atoms with Crippen molar-refractivity contribution in [2.45, 2.75) is 91.0 Å². The third-order valence-electron chi connectivity index (χ3n) is 3.90. The maximum Gasteiger partial charge on any atom is 0.0219 e. The minimum absolute atomic E-state index is 0. The van der Waals surface area contributed by atoms with E-state index in [0.717, 1.165) is 0 Å². The van der Waals surface area contributed by atoms with Gasteiger partial charge in [0.2, 0.25) is 0 Å². The van der Waals surface area contributed by atoms with Crippen LogP contribution >= 0.6 is 12.4 Å². The van der Waals surface area contributed by atoms with Crippen molar-refractivity contribution in [3.8, 4) is 0 Å². The van der Waals surface area contributed by atoms with Gasteiger partial charge in [-0.25, -0.2) is 0 Å². The van der Waals surface area contributed by atoms with Crippen LogP contribution in [0.3, 0.4) is 0 Å². The van der Waals surface area contributed by atoms with Gasteiger partial charge in [-0.15, -0.1) is 12.4 Å². The number of aromatic nitrogens is 1. The maximum absolute atomic E-state index is 2.38. The summed E-state index contributed by atoms with van der Waals surface area (Å²) in [6.45, 7) is 5.75. The first-order chi connectivity index (χ1) is 9.36. The van der Waals surface area contributed by atoms with Gasteiger partial charge in [-0.2, -0.15) is 0 Å². The molecule has 1 nitrogen and oxygen atoms in total. The Hall–Kier alpha value is -0.430. The molecule has 0 unspecified atom stereocenters. The molecule has 0 amide bonds. The van der Waals surface area contributed by atoms with Crippen molar-refractivity contribution in [1.29, 1.82) is 0 Å². The second-order valence-electron chi connectivity index (χ2n) is 5.84. The van der Waals surface area contributed by atoms with Crippen molar-refractivity contribution in [3.63, 3.8) is 0 Å². The van der Waals surface area contributed by atoms with Crippen molar-refractivity contribution in [1.82, 2.24) is 4.57 Å². The Balaban J connectivity index is 0.00000361. The van der Waals surface area contributed by atoms with Gasteiger partial charge >= 0.3 is 0 Å². The lowest BCUT2D eigenvalue weighted by atomic mass is 10.1. The summed E-state index contributed by atoms with van der Waals surface area (Å²) < 4.78 is 2.38. The molecule has 0 saturated carbocycles. The molecule has 0 aliphatic heterocycles. The lowest BCUT2D eigenvalue weighted by Gasteiger charge is -2.03. The zero-order valence-corrected chi connectivity index (χ0v) is 14.4. The van der Waals surface area contributed by atoms with Crippen molar-refractivity contribution in [2.75, 3.05) is 0 Å². The van der Waals surface area contributed by atoms with E-state index in [0.29, 0.717) is 0 Å². The Kier molecular flexibility index (Phi) is 13.3. The van der Waals surface area contributed by atoms with E-state index in [1.807, 2.05) is 0 Å². The third kappa shape index (κ3) is 9.47. The molecule has 1 heterocycles. The molecule has 0 fully saturated rings. The zero-order chi connectivity index (χ0) is 13.8. The molecule has 0 aromatic carbocycles. The second-order valence-corrected chi connectivity index (χ2v) is 5.84. The first-order valence-corrected chi connectivity index (χ1v) is 8.51. The van der Waals surface area contributed by atoms with Crippen LogP contribution in [0.2, 0.25) is 0 Å². The minimum Gasteiger partial charge on any atom is -0.354 e.